The van der Waals surface area contributed by atoms with Gasteiger partial charge in [0.15, 0.2) is 0 Å². The number of aromatic nitrogens is 1. The molecule has 1 heterocycles. The lowest BCUT2D eigenvalue weighted by molar-refractivity contribution is -0.143. The Morgan fingerprint density at radius 3 is 2.41 bits per heavy atom. The van der Waals surface area contributed by atoms with Gasteiger partial charge in [-0.15, -0.1) is 0 Å². The van der Waals surface area contributed by atoms with E-state index < -0.39 is 22.7 Å². The van der Waals surface area contributed by atoms with Gasteiger partial charge in [-0.1, -0.05) is 48.0 Å². The number of esters is 1. The van der Waals surface area contributed by atoms with Gasteiger partial charge in [0.2, 0.25) is 5.89 Å². The number of rotatable bonds is 13. The fourth-order valence-electron chi connectivity index (χ4n) is 4.20. The van der Waals surface area contributed by atoms with Crippen molar-refractivity contribution in [1.29, 1.82) is 0 Å². The fraction of sp³-hybridized carbons (Fsp3) is 0.290. The summed E-state index contributed by atoms with van der Waals surface area (Å²) in [4.78, 5) is 17.0. The van der Waals surface area contributed by atoms with Crippen LogP contribution in [0, 0.1) is 13.8 Å². The topological polar surface area (TPSA) is 102 Å². The minimum atomic E-state index is -4.05. The highest BCUT2D eigenvalue weighted by molar-refractivity contribution is 7.90. The van der Waals surface area contributed by atoms with Gasteiger partial charge in [-0.3, -0.25) is 9.10 Å². The average Bonchev–Trinajstić information content (AvgIpc) is 3.33. The SMILES string of the molecule is CCOC(=O)CN(Cc1cccc(OCCc2nc(-c3ccc(C)cc3)oc2C)c1)S(=O)(=O)N(C)c1ccccc1. The van der Waals surface area contributed by atoms with Crippen LogP contribution in [0.5, 0.6) is 5.75 Å². The van der Waals surface area contributed by atoms with Gasteiger partial charge in [0.05, 0.1) is 24.6 Å². The summed E-state index contributed by atoms with van der Waals surface area (Å²) in [5, 5.41) is 0. The van der Waals surface area contributed by atoms with Crippen LogP contribution in [0.2, 0.25) is 0 Å². The smallest absolute Gasteiger partial charge is 0.321 e. The molecule has 0 spiro atoms. The van der Waals surface area contributed by atoms with Gasteiger partial charge in [0.1, 0.15) is 18.1 Å². The maximum atomic E-state index is 13.5. The van der Waals surface area contributed by atoms with Crippen LogP contribution in [0.1, 0.15) is 29.5 Å². The summed E-state index contributed by atoms with van der Waals surface area (Å²) in [7, 11) is -2.60. The molecule has 4 aromatic rings. The molecule has 41 heavy (non-hydrogen) atoms. The lowest BCUT2D eigenvalue weighted by Gasteiger charge is -2.28. The number of hydrogen-bond donors (Lipinski definition) is 0. The second-order valence-electron chi connectivity index (χ2n) is 9.52. The lowest BCUT2D eigenvalue weighted by Crippen LogP contribution is -2.44. The van der Waals surface area contributed by atoms with E-state index in [2.05, 4.69) is 4.98 Å². The molecule has 0 bridgehead atoms. The summed E-state index contributed by atoms with van der Waals surface area (Å²) >= 11 is 0. The molecule has 0 radical (unpaired) electrons. The first-order chi connectivity index (χ1) is 19.7. The molecule has 9 nitrogen and oxygen atoms in total. The van der Waals surface area contributed by atoms with E-state index in [1.165, 1.54) is 7.05 Å². The summed E-state index contributed by atoms with van der Waals surface area (Å²) in [6.07, 6.45) is 0.538. The van der Waals surface area contributed by atoms with E-state index in [1.54, 1.807) is 61.5 Å². The number of para-hydroxylation sites is 1. The minimum Gasteiger partial charge on any atom is -0.493 e. The van der Waals surface area contributed by atoms with E-state index in [-0.39, 0.29) is 13.2 Å². The third kappa shape index (κ3) is 7.74. The molecular formula is C31H35N3O6S. The predicted octanol–water partition coefficient (Wildman–Crippen LogP) is 5.33. The average molecular weight is 578 g/mol. The maximum Gasteiger partial charge on any atom is 0.321 e. The highest BCUT2D eigenvalue weighted by Gasteiger charge is 2.30. The molecule has 216 valence electrons. The molecule has 0 atom stereocenters. The summed E-state index contributed by atoms with van der Waals surface area (Å²) in [6, 6.07) is 23.8. The van der Waals surface area contributed by atoms with Gasteiger partial charge in [-0.05, 0) is 62.7 Å². The summed E-state index contributed by atoms with van der Waals surface area (Å²) < 4.78 is 46.2. The molecule has 0 aliphatic rings. The van der Waals surface area contributed by atoms with E-state index in [0.29, 0.717) is 35.9 Å². The Hall–Kier alpha value is -4.15. The monoisotopic (exact) mass is 577 g/mol. The number of carbonyl (C=O) groups excluding carboxylic acids is 1. The Balaban J connectivity index is 1.44. The Bertz CT molecular complexity index is 1550. The standard InChI is InChI=1S/C31H35N3O6S/c1-5-38-30(35)22-34(41(36,37)33(4)27-11-7-6-8-12-27)21-25-10-9-13-28(20-25)39-19-18-29-24(3)40-31(32-29)26-16-14-23(2)15-17-26/h6-17,20H,5,18-19,21-22H2,1-4H3. The molecule has 3 aromatic carbocycles. The summed E-state index contributed by atoms with van der Waals surface area (Å²) in [5.41, 5.74) is 4.03. The molecule has 4 rings (SSSR count). The van der Waals surface area contributed by atoms with Gasteiger partial charge in [-0.25, -0.2) is 4.98 Å². The van der Waals surface area contributed by atoms with E-state index in [9.17, 15) is 13.2 Å². The highest BCUT2D eigenvalue weighted by Crippen LogP contribution is 2.24. The van der Waals surface area contributed by atoms with Crippen molar-refractivity contribution in [1.82, 2.24) is 9.29 Å². The lowest BCUT2D eigenvalue weighted by atomic mass is 10.1. The normalized spacial score (nSPS) is 11.4. The van der Waals surface area contributed by atoms with Crippen LogP contribution in [-0.4, -0.2) is 50.5 Å². The van der Waals surface area contributed by atoms with Crippen LogP contribution in [-0.2, 0) is 32.7 Å². The third-order valence-electron chi connectivity index (χ3n) is 6.46. The molecule has 0 N–H and O–H groups in total. The number of nitrogens with zero attached hydrogens (tertiary/aromatic N) is 3. The number of aryl methyl sites for hydroxylation is 2. The molecule has 0 amide bonds. The molecule has 1 aromatic heterocycles. The van der Waals surface area contributed by atoms with Crippen molar-refractivity contribution in [2.24, 2.45) is 0 Å². The Labute approximate surface area is 241 Å². The van der Waals surface area contributed by atoms with Crippen LogP contribution in [0.3, 0.4) is 0 Å². The Kier molecular flexibility index (Phi) is 9.80. The third-order valence-corrected chi connectivity index (χ3v) is 8.27. The fourth-order valence-corrected chi connectivity index (χ4v) is 5.51. The molecule has 0 saturated heterocycles. The number of anilines is 1. The van der Waals surface area contributed by atoms with Crippen molar-refractivity contribution in [2.45, 2.75) is 33.7 Å². The number of benzene rings is 3. The largest absolute Gasteiger partial charge is 0.493 e. The molecule has 0 saturated carbocycles. The molecule has 0 fully saturated rings. The van der Waals surface area contributed by atoms with Crippen molar-refractivity contribution in [3.05, 3.63) is 101 Å². The molecule has 0 aliphatic heterocycles. The van der Waals surface area contributed by atoms with Gasteiger partial charge in [0, 0.05) is 25.6 Å². The number of carbonyl (C=O) groups is 1. The highest BCUT2D eigenvalue weighted by atomic mass is 32.2. The minimum absolute atomic E-state index is 0.0438. The van der Waals surface area contributed by atoms with E-state index in [0.717, 1.165) is 31.2 Å². The molecular weight excluding hydrogens is 542 g/mol. The molecule has 0 aliphatic carbocycles. The first-order valence-corrected chi connectivity index (χ1v) is 14.8. The van der Waals surface area contributed by atoms with E-state index in [1.807, 2.05) is 38.1 Å². The number of oxazole rings is 1. The van der Waals surface area contributed by atoms with Crippen molar-refractivity contribution < 1.29 is 27.1 Å². The zero-order chi connectivity index (χ0) is 29.4. The first-order valence-electron chi connectivity index (χ1n) is 13.4. The van der Waals surface area contributed by atoms with E-state index >= 15 is 0 Å². The Morgan fingerprint density at radius 1 is 0.976 bits per heavy atom. The van der Waals surface area contributed by atoms with Crippen molar-refractivity contribution in [3.8, 4) is 17.2 Å². The second kappa shape index (κ2) is 13.5. The van der Waals surface area contributed by atoms with Crippen LogP contribution in [0.15, 0.2) is 83.3 Å². The van der Waals surface area contributed by atoms with Gasteiger partial charge in [-0.2, -0.15) is 12.7 Å². The zero-order valence-electron chi connectivity index (χ0n) is 23.7. The second-order valence-corrected chi connectivity index (χ2v) is 11.5. The summed E-state index contributed by atoms with van der Waals surface area (Å²) in [6.45, 7) is 5.63. The van der Waals surface area contributed by atoms with Crippen LogP contribution in [0.4, 0.5) is 5.69 Å². The summed E-state index contributed by atoms with van der Waals surface area (Å²) in [5.74, 6) is 1.26. The van der Waals surface area contributed by atoms with Gasteiger partial charge >= 0.3 is 16.2 Å². The van der Waals surface area contributed by atoms with Crippen LogP contribution < -0.4 is 9.04 Å². The maximum absolute atomic E-state index is 13.5. The van der Waals surface area contributed by atoms with Crippen LogP contribution >= 0.6 is 0 Å². The number of hydrogen-bond acceptors (Lipinski definition) is 7. The van der Waals surface area contributed by atoms with Gasteiger partial charge < -0.3 is 13.9 Å². The van der Waals surface area contributed by atoms with Crippen LogP contribution in [0.25, 0.3) is 11.5 Å². The van der Waals surface area contributed by atoms with Crippen molar-refractivity contribution >= 4 is 21.9 Å². The van der Waals surface area contributed by atoms with Crippen molar-refractivity contribution in [3.63, 3.8) is 0 Å². The Morgan fingerprint density at radius 2 is 1.71 bits per heavy atom. The predicted molar refractivity (Wildman–Crippen MR) is 158 cm³/mol. The van der Waals surface area contributed by atoms with E-state index in [4.69, 9.17) is 13.9 Å². The molecule has 10 heteroatoms. The number of ether oxygens (including phenoxy) is 2. The van der Waals surface area contributed by atoms with Crippen molar-refractivity contribution in [2.75, 3.05) is 31.1 Å². The van der Waals surface area contributed by atoms with Gasteiger partial charge in [0.25, 0.3) is 0 Å². The first kappa shape index (κ1) is 29.8. The zero-order valence-corrected chi connectivity index (χ0v) is 24.6. The molecule has 0 unspecified atom stereocenters. The quantitative estimate of drug-likeness (QED) is 0.198.